The number of fused-ring (bicyclic) bond motifs is 3. The van der Waals surface area contributed by atoms with Crippen molar-refractivity contribution in [2.45, 2.75) is 70.7 Å². The van der Waals surface area contributed by atoms with Crippen LogP contribution in [0.2, 0.25) is 0 Å². The smallest absolute Gasteiger partial charge is 0.410 e. The summed E-state index contributed by atoms with van der Waals surface area (Å²) in [7, 11) is 1.95. The molecule has 0 aromatic carbocycles. The molecule has 5 rings (SSSR count). The molecule has 4 atom stereocenters. The van der Waals surface area contributed by atoms with Gasteiger partial charge in [-0.3, -0.25) is 9.36 Å². The van der Waals surface area contributed by atoms with Crippen molar-refractivity contribution in [2.24, 2.45) is 5.92 Å². The topological polar surface area (TPSA) is 128 Å². The van der Waals surface area contributed by atoms with Gasteiger partial charge in [-0.25, -0.2) is 19.6 Å². The van der Waals surface area contributed by atoms with Crippen LogP contribution in [0.15, 0.2) is 18.6 Å². The van der Waals surface area contributed by atoms with Gasteiger partial charge in [0.05, 0.1) is 29.6 Å². The van der Waals surface area contributed by atoms with E-state index in [-0.39, 0.29) is 42.6 Å². The zero-order chi connectivity index (χ0) is 28.1. The van der Waals surface area contributed by atoms with E-state index >= 15 is 0 Å². The Bertz CT molecular complexity index is 1330. The summed E-state index contributed by atoms with van der Waals surface area (Å²) in [5.41, 5.74) is -0.0485. The third kappa shape index (κ3) is 4.97. The first-order valence-corrected chi connectivity index (χ1v) is 13.5. The van der Waals surface area contributed by atoms with E-state index in [4.69, 9.17) is 10.00 Å². The highest BCUT2D eigenvalue weighted by molar-refractivity contribution is 5.95. The van der Waals surface area contributed by atoms with E-state index in [0.29, 0.717) is 43.6 Å². The molecule has 3 amide bonds. The molecule has 12 nitrogen and oxygen atoms in total. The molecular formula is C27H36N8O4. The van der Waals surface area contributed by atoms with Crippen molar-refractivity contribution in [3.63, 3.8) is 0 Å². The van der Waals surface area contributed by atoms with E-state index < -0.39 is 5.60 Å². The maximum atomic E-state index is 13.6. The summed E-state index contributed by atoms with van der Waals surface area (Å²) in [6, 6.07) is 3.50. The lowest BCUT2D eigenvalue weighted by atomic mass is 9.92. The second-order valence-electron chi connectivity index (χ2n) is 11.9. The number of carbonyl (C=O) groups excluding carboxylic acids is 3. The lowest BCUT2D eigenvalue weighted by Gasteiger charge is -2.42. The molecule has 39 heavy (non-hydrogen) atoms. The van der Waals surface area contributed by atoms with Crippen molar-refractivity contribution in [1.82, 2.24) is 29.2 Å². The molecule has 3 aliphatic rings. The van der Waals surface area contributed by atoms with Crippen LogP contribution in [0.25, 0.3) is 11.0 Å². The number of anilines is 1. The van der Waals surface area contributed by atoms with Gasteiger partial charge in [-0.1, -0.05) is 6.92 Å². The maximum absolute atomic E-state index is 13.6. The largest absolute Gasteiger partial charge is 0.444 e. The van der Waals surface area contributed by atoms with Gasteiger partial charge in [-0.2, -0.15) is 5.26 Å². The SMILES string of the molecule is C[C@@H]1CCN(C(=O)CC#N)C[C@@H]1N(C)c1ncnc2c1ccn2C(=O)N1C[C@@H]2CC1CN2C(=O)OC(C)(C)C. The number of piperidine rings is 1. The van der Waals surface area contributed by atoms with E-state index in [9.17, 15) is 14.4 Å². The van der Waals surface area contributed by atoms with Crippen molar-refractivity contribution in [3.8, 4) is 6.07 Å². The van der Waals surface area contributed by atoms with Gasteiger partial charge < -0.3 is 24.3 Å². The summed E-state index contributed by atoms with van der Waals surface area (Å²) < 4.78 is 7.10. The van der Waals surface area contributed by atoms with E-state index in [1.54, 1.807) is 20.6 Å². The Kier molecular flexibility index (Phi) is 6.86. The number of hydrogen-bond donors (Lipinski definition) is 0. The first-order chi connectivity index (χ1) is 18.5. The number of piperazine rings is 1. The minimum Gasteiger partial charge on any atom is -0.444 e. The second kappa shape index (κ2) is 10.0. The molecule has 12 heteroatoms. The van der Waals surface area contributed by atoms with Gasteiger partial charge in [0.2, 0.25) is 5.91 Å². The summed E-state index contributed by atoms with van der Waals surface area (Å²) >= 11 is 0. The molecule has 0 N–H and O–H groups in total. The number of aromatic nitrogens is 3. The Balaban J connectivity index is 1.33. The highest BCUT2D eigenvalue weighted by Crippen LogP contribution is 2.34. The molecule has 3 saturated heterocycles. The predicted octanol–water partition coefficient (Wildman–Crippen LogP) is 2.68. The molecule has 3 aliphatic heterocycles. The first-order valence-electron chi connectivity index (χ1n) is 13.5. The maximum Gasteiger partial charge on any atom is 0.410 e. The molecule has 0 aliphatic carbocycles. The van der Waals surface area contributed by atoms with Gasteiger partial charge in [0.15, 0.2) is 5.65 Å². The van der Waals surface area contributed by atoms with E-state index in [2.05, 4.69) is 21.8 Å². The minimum absolute atomic E-state index is 0.00620. The molecule has 5 heterocycles. The standard InChI is InChI=1S/C27H36N8O4/c1-17-7-10-32(22(36)6-9-28)15-21(17)31(5)23-20-8-11-33(24(20)30-16-29-23)25(37)34-13-19-12-18(34)14-35(19)26(38)39-27(2,3)4/h8,11,16-19,21H,6-7,10,12-15H2,1-5H3/t17-,18?,19+,21+/m1/s1. The Morgan fingerprint density at radius 2 is 1.87 bits per heavy atom. The Labute approximate surface area is 228 Å². The van der Waals surface area contributed by atoms with Gasteiger partial charge in [0.1, 0.15) is 24.2 Å². The number of rotatable bonds is 3. The molecule has 0 spiro atoms. The van der Waals surface area contributed by atoms with Crippen LogP contribution < -0.4 is 4.90 Å². The number of likely N-dealkylation sites (tertiary alicyclic amines) is 3. The average Bonchev–Trinajstić information content (AvgIpc) is 3.61. The number of ether oxygens (including phenoxy) is 1. The number of nitrogens with zero attached hydrogens (tertiary/aromatic N) is 8. The Hall–Kier alpha value is -3.88. The number of carbonyl (C=O) groups is 3. The van der Waals surface area contributed by atoms with Crippen molar-refractivity contribution in [1.29, 1.82) is 5.26 Å². The number of nitriles is 1. The summed E-state index contributed by atoms with van der Waals surface area (Å²) in [6.07, 6.45) is 4.29. The van der Waals surface area contributed by atoms with Gasteiger partial charge in [0, 0.05) is 39.4 Å². The molecule has 208 valence electrons. The third-order valence-electron chi connectivity index (χ3n) is 8.11. The van der Waals surface area contributed by atoms with Gasteiger partial charge in [-0.15, -0.1) is 0 Å². The number of amides is 3. The zero-order valence-corrected chi connectivity index (χ0v) is 23.2. The van der Waals surface area contributed by atoms with Crippen LogP contribution in [-0.2, 0) is 9.53 Å². The van der Waals surface area contributed by atoms with Crippen LogP contribution in [0, 0.1) is 17.2 Å². The van der Waals surface area contributed by atoms with Crippen molar-refractivity contribution in [2.75, 3.05) is 38.1 Å². The molecule has 1 unspecified atom stereocenters. The molecule has 2 bridgehead atoms. The normalized spacial score (nSPS) is 24.7. The third-order valence-corrected chi connectivity index (χ3v) is 8.11. The monoisotopic (exact) mass is 536 g/mol. The Morgan fingerprint density at radius 1 is 1.15 bits per heavy atom. The van der Waals surface area contributed by atoms with Crippen molar-refractivity contribution < 1.29 is 19.1 Å². The van der Waals surface area contributed by atoms with Crippen LogP contribution in [0.5, 0.6) is 0 Å². The second-order valence-corrected chi connectivity index (χ2v) is 11.9. The molecular weight excluding hydrogens is 500 g/mol. The fraction of sp³-hybridized carbons (Fsp3) is 0.630. The predicted molar refractivity (Wildman–Crippen MR) is 143 cm³/mol. The highest BCUT2D eigenvalue weighted by atomic mass is 16.6. The minimum atomic E-state index is -0.567. The molecule has 0 saturated carbocycles. The lowest BCUT2D eigenvalue weighted by Crippen LogP contribution is -2.52. The van der Waals surface area contributed by atoms with Crippen LogP contribution in [0.3, 0.4) is 0 Å². The quantitative estimate of drug-likeness (QED) is 0.586. The van der Waals surface area contributed by atoms with Crippen molar-refractivity contribution >= 4 is 34.9 Å². The van der Waals surface area contributed by atoms with E-state index in [1.807, 2.05) is 44.9 Å². The Morgan fingerprint density at radius 3 is 2.54 bits per heavy atom. The molecule has 0 radical (unpaired) electrons. The summed E-state index contributed by atoms with van der Waals surface area (Å²) in [6.45, 7) is 9.74. The van der Waals surface area contributed by atoms with Gasteiger partial charge in [0.25, 0.3) is 0 Å². The van der Waals surface area contributed by atoms with Gasteiger partial charge in [-0.05, 0) is 45.6 Å². The van der Waals surface area contributed by atoms with Crippen LogP contribution in [0.4, 0.5) is 15.4 Å². The molecule has 2 aromatic heterocycles. The zero-order valence-electron chi connectivity index (χ0n) is 23.2. The summed E-state index contributed by atoms with van der Waals surface area (Å²) in [5, 5.41) is 9.70. The molecule has 2 aromatic rings. The average molecular weight is 537 g/mol. The van der Waals surface area contributed by atoms with Crippen LogP contribution in [-0.4, -0.2) is 104 Å². The lowest BCUT2D eigenvalue weighted by molar-refractivity contribution is -0.131. The van der Waals surface area contributed by atoms with Crippen molar-refractivity contribution in [3.05, 3.63) is 18.6 Å². The van der Waals surface area contributed by atoms with E-state index in [1.165, 1.54) is 6.33 Å². The molecule has 3 fully saturated rings. The van der Waals surface area contributed by atoms with Crippen LogP contribution >= 0.6 is 0 Å². The van der Waals surface area contributed by atoms with Gasteiger partial charge >= 0.3 is 12.1 Å². The highest BCUT2D eigenvalue weighted by Gasteiger charge is 2.48. The van der Waals surface area contributed by atoms with Crippen LogP contribution in [0.1, 0.15) is 47.0 Å². The fourth-order valence-electron chi connectivity index (χ4n) is 6.07. The summed E-state index contributed by atoms with van der Waals surface area (Å²) in [5.74, 6) is 0.845. The fourth-order valence-corrected chi connectivity index (χ4v) is 6.07. The summed E-state index contributed by atoms with van der Waals surface area (Å²) in [4.78, 5) is 55.0. The van der Waals surface area contributed by atoms with E-state index in [0.717, 1.165) is 18.2 Å². The first kappa shape index (κ1) is 26.7. The number of likely N-dealkylation sites (N-methyl/N-ethyl adjacent to an activating group) is 1. The number of hydrogen-bond acceptors (Lipinski definition) is 8.